The molecule has 3 nitrogen and oxygen atoms in total. The van der Waals surface area contributed by atoms with Gasteiger partial charge in [-0.25, -0.2) is 0 Å². The number of rotatable bonds is 7. The van der Waals surface area contributed by atoms with Crippen LogP contribution in [0.4, 0.5) is 0 Å². The van der Waals surface area contributed by atoms with Crippen molar-refractivity contribution in [2.24, 2.45) is 0 Å². The van der Waals surface area contributed by atoms with Gasteiger partial charge in [0.2, 0.25) is 0 Å². The van der Waals surface area contributed by atoms with Gasteiger partial charge >= 0.3 is 0 Å². The molecule has 9 aromatic carbocycles. The number of hydrogen-bond acceptors (Lipinski definition) is 1. The average Bonchev–Trinajstić information content (AvgIpc) is 3.84. The number of hydrogen-bond donors (Lipinski definition) is 0. The Kier molecular flexibility index (Phi) is 8.24. The van der Waals surface area contributed by atoms with Crippen LogP contribution in [0, 0.1) is 0 Å². The van der Waals surface area contributed by atoms with Crippen LogP contribution in [0.5, 0.6) is 0 Å². The van der Waals surface area contributed by atoms with Gasteiger partial charge in [-0.15, -0.1) is 0 Å². The smallest absolute Gasteiger partial charge is 0.0708 e. The van der Waals surface area contributed by atoms with E-state index in [1.165, 1.54) is 93.8 Å². The summed E-state index contributed by atoms with van der Waals surface area (Å²) in [6.45, 7) is 0. The van der Waals surface area contributed by atoms with E-state index in [0.717, 1.165) is 23.0 Å². The molecule has 12 rings (SSSR count). The molecule has 0 aliphatic carbocycles. The normalized spacial score (nSPS) is 11.7. The summed E-state index contributed by atoms with van der Waals surface area (Å²) in [5.74, 6) is 0. The van der Waals surface area contributed by atoms with Crippen LogP contribution < -0.4 is 0 Å². The first-order valence-electron chi connectivity index (χ1n) is 21.0. The molecule has 0 bridgehead atoms. The third kappa shape index (κ3) is 5.93. The Morgan fingerprint density at radius 1 is 0.328 bits per heavy atom. The van der Waals surface area contributed by atoms with Gasteiger partial charge in [-0.05, 0) is 130 Å². The fraction of sp³-hybridized carbons (Fsp3) is 0.0172. The predicted octanol–water partition coefficient (Wildman–Crippen LogP) is 15.0. The Morgan fingerprint density at radius 2 is 0.754 bits per heavy atom. The van der Waals surface area contributed by atoms with Crippen molar-refractivity contribution < 1.29 is 0 Å². The predicted molar refractivity (Wildman–Crippen MR) is 256 cm³/mol. The van der Waals surface area contributed by atoms with E-state index < -0.39 is 0 Å². The summed E-state index contributed by atoms with van der Waals surface area (Å²) in [4.78, 5) is 5.01. The molecular formula is C58H39N3. The van der Waals surface area contributed by atoms with E-state index in [2.05, 4.69) is 234 Å². The van der Waals surface area contributed by atoms with E-state index in [-0.39, 0.29) is 0 Å². The maximum Gasteiger partial charge on any atom is 0.0708 e. The molecule has 0 N–H and O–H groups in total. The Hall–Kier alpha value is -8.01. The van der Waals surface area contributed by atoms with Gasteiger partial charge in [-0.2, -0.15) is 0 Å². The standard InChI is InChI=1S/C58H39N3/c1-5-15-39(16-6-1)33-45-38-59-53-29-25-41(37-52(53)58(45)40-17-7-2-8-18-40)43-27-31-56-50(35-43)51-36-44(28-32-57(51)61(56)47-21-11-4-12-22-47)42-26-30-55-49(34-42)48-23-13-14-24-54(48)60(55)46-19-9-3-10-20-46/h1-32,34-38H,33H2. The first-order chi connectivity index (χ1) is 30.2. The molecule has 0 saturated carbocycles. The van der Waals surface area contributed by atoms with Crippen LogP contribution in [0.2, 0.25) is 0 Å². The van der Waals surface area contributed by atoms with Crippen molar-refractivity contribution in [3.05, 3.63) is 236 Å². The molecule has 0 aliphatic rings. The molecule has 3 heteroatoms. The van der Waals surface area contributed by atoms with E-state index in [1.54, 1.807) is 0 Å². The Labute approximate surface area is 354 Å². The first-order valence-corrected chi connectivity index (χ1v) is 21.0. The van der Waals surface area contributed by atoms with Gasteiger partial charge in [-0.3, -0.25) is 4.98 Å². The van der Waals surface area contributed by atoms with E-state index in [4.69, 9.17) is 4.98 Å². The van der Waals surface area contributed by atoms with Crippen LogP contribution in [-0.2, 0) is 6.42 Å². The zero-order valence-electron chi connectivity index (χ0n) is 33.4. The number of pyridine rings is 1. The highest BCUT2D eigenvalue weighted by molar-refractivity contribution is 6.13. The highest BCUT2D eigenvalue weighted by Crippen LogP contribution is 2.41. The van der Waals surface area contributed by atoms with Crippen molar-refractivity contribution in [1.29, 1.82) is 0 Å². The molecule has 0 spiro atoms. The van der Waals surface area contributed by atoms with E-state index in [0.29, 0.717) is 0 Å². The number of nitrogens with zero attached hydrogens (tertiary/aromatic N) is 3. The van der Waals surface area contributed by atoms with Gasteiger partial charge in [0.05, 0.1) is 27.6 Å². The van der Waals surface area contributed by atoms with E-state index >= 15 is 0 Å². The zero-order chi connectivity index (χ0) is 40.3. The molecule has 0 saturated heterocycles. The minimum Gasteiger partial charge on any atom is -0.309 e. The van der Waals surface area contributed by atoms with E-state index in [9.17, 15) is 0 Å². The minimum absolute atomic E-state index is 0.813. The number of fused-ring (bicyclic) bond motifs is 7. The molecule has 3 aromatic heterocycles. The van der Waals surface area contributed by atoms with Gasteiger partial charge in [0.25, 0.3) is 0 Å². The van der Waals surface area contributed by atoms with Crippen LogP contribution in [0.1, 0.15) is 11.1 Å². The van der Waals surface area contributed by atoms with E-state index in [1.807, 2.05) is 0 Å². The zero-order valence-corrected chi connectivity index (χ0v) is 33.4. The molecule has 0 aliphatic heterocycles. The summed E-state index contributed by atoms with van der Waals surface area (Å²) in [6, 6.07) is 79.3. The minimum atomic E-state index is 0.813. The van der Waals surface area contributed by atoms with Crippen molar-refractivity contribution in [2.75, 3.05) is 0 Å². The Bertz CT molecular complexity index is 3580. The van der Waals surface area contributed by atoms with Gasteiger partial charge in [0.15, 0.2) is 0 Å². The summed E-state index contributed by atoms with van der Waals surface area (Å²) >= 11 is 0. The average molecular weight is 778 g/mol. The second kappa shape index (κ2) is 14.4. The Balaban J connectivity index is 1.04. The summed E-state index contributed by atoms with van der Waals surface area (Å²) in [5, 5.41) is 6.11. The highest BCUT2D eigenvalue weighted by atomic mass is 15.0. The molecule has 0 unspecified atom stereocenters. The summed E-state index contributed by atoms with van der Waals surface area (Å²) in [7, 11) is 0. The molecule has 12 aromatic rings. The molecule has 286 valence electrons. The SMILES string of the molecule is c1ccc(Cc2cnc3ccc(-c4ccc5c(c4)c4cc(-c6ccc7c(c6)c6ccccc6n7-c6ccccc6)ccc4n5-c4ccccc4)cc3c2-c2ccccc2)cc1. The molecule has 0 amide bonds. The van der Waals surface area contributed by atoms with Gasteiger partial charge in [-0.1, -0.05) is 140 Å². The van der Waals surface area contributed by atoms with Crippen molar-refractivity contribution >= 4 is 54.5 Å². The first kappa shape index (κ1) is 35.0. The summed E-state index contributed by atoms with van der Waals surface area (Å²) in [6.07, 6.45) is 2.88. The molecule has 61 heavy (non-hydrogen) atoms. The lowest BCUT2D eigenvalue weighted by Gasteiger charge is -2.15. The van der Waals surface area contributed by atoms with Gasteiger partial charge in [0.1, 0.15) is 0 Å². The third-order valence-electron chi connectivity index (χ3n) is 12.4. The second-order valence-corrected chi connectivity index (χ2v) is 16.0. The maximum atomic E-state index is 5.01. The van der Waals surface area contributed by atoms with Crippen LogP contribution in [0.15, 0.2) is 225 Å². The number of para-hydroxylation sites is 3. The summed E-state index contributed by atoms with van der Waals surface area (Å²) < 4.78 is 4.78. The second-order valence-electron chi connectivity index (χ2n) is 16.0. The molecular weight excluding hydrogens is 739 g/mol. The third-order valence-corrected chi connectivity index (χ3v) is 12.4. The highest BCUT2D eigenvalue weighted by Gasteiger charge is 2.18. The lowest BCUT2D eigenvalue weighted by atomic mass is 9.91. The van der Waals surface area contributed by atoms with Crippen LogP contribution >= 0.6 is 0 Å². The number of benzene rings is 9. The largest absolute Gasteiger partial charge is 0.309 e. The lowest BCUT2D eigenvalue weighted by Crippen LogP contribution is -1.96. The Morgan fingerprint density at radius 3 is 1.31 bits per heavy atom. The molecule has 0 radical (unpaired) electrons. The van der Waals surface area contributed by atoms with Crippen LogP contribution in [-0.4, -0.2) is 14.1 Å². The fourth-order valence-electron chi connectivity index (χ4n) is 9.55. The molecule has 0 atom stereocenters. The van der Waals surface area contributed by atoms with Crippen molar-refractivity contribution in [3.63, 3.8) is 0 Å². The maximum absolute atomic E-state index is 5.01. The van der Waals surface area contributed by atoms with Crippen molar-refractivity contribution in [1.82, 2.24) is 14.1 Å². The van der Waals surface area contributed by atoms with Gasteiger partial charge < -0.3 is 9.13 Å². The van der Waals surface area contributed by atoms with Crippen molar-refractivity contribution in [3.8, 4) is 44.8 Å². The topological polar surface area (TPSA) is 22.8 Å². The quantitative estimate of drug-likeness (QED) is 0.158. The van der Waals surface area contributed by atoms with Crippen molar-refractivity contribution in [2.45, 2.75) is 6.42 Å². The molecule has 3 heterocycles. The summed E-state index contributed by atoms with van der Waals surface area (Å²) in [5.41, 5.74) is 17.8. The fourth-order valence-corrected chi connectivity index (χ4v) is 9.55. The van der Waals surface area contributed by atoms with Gasteiger partial charge in [0, 0.05) is 44.5 Å². The monoisotopic (exact) mass is 777 g/mol. The van der Waals surface area contributed by atoms with Crippen LogP contribution in [0.25, 0.3) is 99.3 Å². The lowest BCUT2D eigenvalue weighted by molar-refractivity contribution is 1.17. The number of aromatic nitrogens is 3. The van der Waals surface area contributed by atoms with Crippen LogP contribution in [0.3, 0.4) is 0 Å². The molecule has 0 fully saturated rings.